The summed E-state index contributed by atoms with van der Waals surface area (Å²) in [6.07, 6.45) is 3.08. The van der Waals surface area contributed by atoms with Gasteiger partial charge in [-0.15, -0.1) is 0 Å². The lowest BCUT2D eigenvalue weighted by molar-refractivity contribution is -0.133. The molecule has 0 heterocycles. The highest BCUT2D eigenvalue weighted by Crippen LogP contribution is 2.19. The molecular weight excluding hydrogens is 230 g/mol. The molecule has 1 saturated carbocycles. The first kappa shape index (κ1) is 12.2. The second-order valence-corrected chi connectivity index (χ2v) is 4.11. The van der Waals surface area contributed by atoms with Crippen molar-refractivity contribution in [3.8, 4) is 0 Å². The Balaban J connectivity index is 1.95. The number of benzene rings is 1. The molecule has 0 radical (unpaired) electrons. The van der Waals surface area contributed by atoms with Gasteiger partial charge in [-0.1, -0.05) is 18.2 Å². The molecule has 92 valence electrons. The van der Waals surface area contributed by atoms with Crippen LogP contribution in [0.4, 0.5) is 5.69 Å². The van der Waals surface area contributed by atoms with Crippen LogP contribution in [0.15, 0.2) is 42.6 Å². The lowest BCUT2D eigenvalue weighted by atomic mass is 10.0. The maximum Gasteiger partial charge on any atom is 0.175 e. The van der Waals surface area contributed by atoms with Gasteiger partial charge in [-0.2, -0.15) is 0 Å². The minimum atomic E-state index is -1.07. The molecule has 0 spiro atoms. The van der Waals surface area contributed by atoms with Crippen molar-refractivity contribution >= 4 is 23.0 Å². The summed E-state index contributed by atoms with van der Waals surface area (Å²) in [5, 5.41) is 2.90. The largest absolute Gasteiger partial charge is 0.362 e. The van der Waals surface area contributed by atoms with Crippen molar-refractivity contribution in [3.05, 3.63) is 42.6 Å². The van der Waals surface area contributed by atoms with Crippen molar-refractivity contribution in [3.63, 3.8) is 0 Å². The molecule has 0 saturated heterocycles. The van der Waals surface area contributed by atoms with Crippen molar-refractivity contribution in [2.75, 3.05) is 5.32 Å². The summed E-state index contributed by atoms with van der Waals surface area (Å²) in [6, 6.07) is 9.31. The molecule has 18 heavy (non-hydrogen) atoms. The van der Waals surface area contributed by atoms with Crippen LogP contribution < -0.4 is 5.32 Å². The number of anilines is 1. The molecule has 1 aromatic carbocycles. The van der Waals surface area contributed by atoms with Crippen LogP contribution in [-0.2, 0) is 14.4 Å². The van der Waals surface area contributed by atoms with Gasteiger partial charge in [0.1, 0.15) is 5.92 Å². The first-order valence-electron chi connectivity index (χ1n) is 5.76. The van der Waals surface area contributed by atoms with Crippen LogP contribution in [-0.4, -0.2) is 17.3 Å². The Morgan fingerprint density at radius 2 is 1.72 bits per heavy atom. The number of hydrogen-bond donors (Lipinski definition) is 1. The fourth-order valence-corrected chi connectivity index (χ4v) is 1.88. The summed E-state index contributed by atoms with van der Waals surface area (Å²) in [5.41, 5.74) is 0.839. The third-order valence-electron chi connectivity index (χ3n) is 2.82. The van der Waals surface area contributed by atoms with Gasteiger partial charge < -0.3 is 5.32 Å². The standard InChI is InChI=1S/C14H13NO3/c16-11-6-7-12(17)14(11)13(18)8-9-15-10-4-2-1-3-5-10/h1-5,8-9,14-15H,6-7H2/b9-8+. The lowest BCUT2D eigenvalue weighted by Gasteiger charge is -2.02. The molecule has 0 atom stereocenters. The Labute approximate surface area is 105 Å². The third-order valence-corrected chi connectivity index (χ3v) is 2.82. The van der Waals surface area contributed by atoms with E-state index in [-0.39, 0.29) is 24.4 Å². The summed E-state index contributed by atoms with van der Waals surface area (Å²) < 4.78 is 0. The SMILES string of the molecule is O=C(/C=C/Nc1ccccc1)C1C(=O)CCC1=O. The highest BCUT2D eigenvalue weighted by atomic mass is 16.2. The lowest BCUT2D eigenvalue weighted by Crippen LogP contribution is -2.23. The number of rotatable bonds is 4. The van der Waals surface area contributed by atoms with E-state index >= 15 is 0 Å². The van der Waals surface area contributed by atoms with Gasteiger partial charge in [-0.3, -0.25) is 14.4 Å². The molecule has 0 aliphatic heterocycles. The number of para-hydroxylation sites is 1. The molecule has 4 heteroatoms. The Bertz CT molecular complexity index is 489. The fourth-order valence-electron chi connectivity index (χ4n) is 1.88. The highest BCUT2D eigenvalue weighted by Gasteiger charge is 2.37. The molecule has 1 aromatic rings. The van der Waals surface area contributed by atoms with Crippen molar-refractivity contribution in [2.45, 2.75) is 12.8 Å². The summed E-state index contributed by atoms with van der Waals surface area (Å²) in [7, 11) is 0. The minimum absolute atomic E-state index is 0.190. The van der Waals surface area contributed by atoms with Gasteiger partial charge in [0.05, 0.1) is 0 Å². The first-order valence-corrected chi connectivity index (χ1v) is 5.76. The smallest absolute Gasteiger partial charge is 0.175 e. The fraction of sp³-hybridized carbons (Fsp3) is 0.214. The molecule has 0 bridgehead atoms. The van der Waals surface area contributed by atoms with Crippen molar-refractivity contribution in [2.24, 2.45) is 5.92 Å². The van der Waals surface area contributed by atoms with E-state index in [4.69, 9.17) is 0 Å². The van der Waals surface area contributed by atoms with Gasteiger partial charge in [-0.05, 0) is 18.2 Å². The van der Waals surface area contributed by atoms with E-state index in [9.17, 15) is 14.4 Å². The average molecular weight is 243 g/mol. The van der Waals surface area contributed by atoms with Crippen LogP contribution in [0.1, 0.15) is 12.8 Å². The second kappa shape index (κ2) is 5.40. The van der Waals surface area contributed by atoms with Gasteiger partial charge in [0, 0.05) is 24.7 Å². The number of carbonyl (C=O) groups is 3. The minimum Gasteiger partial charge on any atom is -0.362 e. The van der Waals surface area contributed by atoms with Crippen molar-refractivity contribution in [1.82, 2.24) is 0 Å². The zero-order chi connectivity index (χ0) is 13.0. The molecule has 2 rings (SSSR count). The summed E-state index contributed by atoms with van der Waals surface area (Å²) in [5.74, 6) is -2.05. The van der Waals surface area contributed by atoms with Crippen LogP contribution in [0.3, 0.4) is 0 Å². The summed E-state index contributed by atoms with van der Waals surface area (Å²) >= 11 is 0. The van der Waals surface area contributed by atoms with Crippen LogP contribution in [0, 0.1) is 5.92 Å². The predicted molar refractivity (Wildman–Crippen MR) is 66.9 cm³/mol. The third kappa shape index (κ3) is 2.71. The number of nitrogens with one attached hydrogen (secondary N) is 1. The van der Waals surface area contributed by atoms with E-state index in [2.05, 4.69) is 5.32 Å². The van der Waals surface area contributed by atoms with Gasteiger partial charge in [-0.25, -0.2) is 0 Å². The van der Waals surface area contributed by atoms with Gasteiger partial charge >= 0.3 is 0 Å². The predicted octanol–water partition coefficient (Wildman–Crippen LogP) is 1.73. The molecular formula is C14H13NO3. The van der Waals surface area contributed by atoms with Gasteiger partial charge in [0.25, 0.3) is 0 Å². The van der Waals surface area contributed by atoms with E-state index in [1.807, 2.05) is 30.3 Å². The summed E-state index contributed by atoms with van der Waals surface area (Å²) in [6.45, 7) is 0. The maximum absolute atomic E-state index is 11.7. The number of carbonyl (C=O) groups excluding carboxylic acids is 3. The van der Waals surface area contributed by atoms with Gasteiger partial charge in [0.2, 0.25) is 0 Å². The van der Waals surface area contributed by atoms with Crippen molar-refractivity contribution in [1.29, 1.82) is 0 Å². The number of Topliss-reactive ketones (excluding diaryl/α,β-unsaturated/α-hetero) is 2. The molecule has 1 aliphatic rings. The van der Waals surface area contributed by atoms with E-state index in [1.54, 1.807) is 0 Å². The van der Waals surface area contributed by atoms with Crippen LogP contribution >= 0.6 is 0 Å². The van der Waals surface area contributed by atoms with Crippen molar-refractivity contribution < 1.29 is 14.4 Å². The molecule has 0 unspecified atom stereocenters. The van der Waals surface area contributed by atoms with Crippen LogP contribution in [0.2, 0.25) is 0 Å². The zero-order valence-electron chi connectivity index (χ0n) is 9.76. The van der Waals surface area contributed by atoms with Gasteiger partial charge in [0.15, 0.2) is 17.3 Å². The van der Waals surface area contributed by atoms with E-state index in [0.717, 1.165) is 5.69 Å². The Hall–Kier alpha value is -2.23. The molecule has 4 nitrogen and oxygen atoms in total. The Kier molecular flexibility index (Phi) is 3.67. The quantitative estimate of drug-likeness (QED) is 0.646. The molecule has 1 fully saturated rings. The number of allylic oxidation sites excluding steroid dienone is 1. The number of ketones is 3. The second-order valence-electron chi connectivity index (χ2n) is 4.11. The first-order chi connectivity index (χ1) is 8.68. The maximum atomic E-state index is 11.7. The monoisotopic (exact) mass is 243 g/mol. The van der Waals surface area contributed by atoms with E-state index in [0.29, 0.717) is 0 Å². The molecule has 0 amide bonds. The topological polar surface area (TPSA) is 63.2 Å². The number of hydrogen-bond acceptors (Lipinski definition) is 4. The zero-order valence-corrected chi connectivity index (χ0v) is 9.76. The van der Waals surface area contributed by atoms with E-state index < -0.39 is 11.7 Å². The van der Waals surface area contributed by atoms with Crippen LogP contribution in [0.5, 0.6) is 0 Å². The molecule has 1 aliphatic carbocycles. The average Bonchev–Trinajstić information content (AvgIpc) is 2.70. The van der Waals surface area contributed by atoms with Crippen LogP contribution in [0.25, 0.3) is 0 Å². The molecule has 0 aromatic heterocycles. The summed E-state index contributed by atoms with van der Waals surface area (Å²) in [4.78, 5) is 34.4. The normalized spacial score (nSPS) is 16.4. The van der Waals surface area contributed by atoms with E-state index in [1.165, 1.54) is 12.3 Å². The Morgan fingerprint density at radius 1 is 1.11 bits per heavy atom. The molecule has 1 N–H and O–H groups in total. The highest BCUT2D eigenvalue weighted by molar-refractivity contribution is 6.25. The Morgan fingerprint density at radius 3 is 2.33 bits per heavy atom.